The molecule has 3 rings (SSSR count). The van der Waals surface area contributed by atoms with Crippen LogP contribution in [0.3, 0.4) is 0 Å². The molecular formula is C20H19F6N5O2. The Labute approximate surface area is 183 Å². The molecule has 178 valence electrons. The average molecular weight is 475 g/mol. The summed E-state index contributed by atoms with van der Waals surface area (Å²) in [6, 6.07) is 2.72. The van der Waals surface area contributed by atoms with Gasteiger partial charge in [0.15, 0.2) is 0 Å². The number of aromatic nitrogens is 4. The van der Waals surface area contributed by atoms with Crippen LogP contribution in [-0.4, -0.2) is 32.1 Å². The summed E-state index contributed by atoms with van der Waals surface area (Å²) in [4.78, 5) is 20.0. The zero-order chi connectivity index (χ0) is 24.6. The lowest BCUT2D eigenvalue weighted by molar-refractivity contribution is -0.144. The van der Waals surface area contributed by atoms with E-state index in [1.54, 1.807) is 0 Å². The van der Waals surface area contributed by atoms with Crippen molar-refractivity contribution in [2.75, 3.05) is 11.9 Å². The van der Waals surface area contributed by atoms with Gasteiger partial charge in [0.1, 0.15) is 5.75 Å². The third-order valence-corrected chi connectivity index (χ3v) is 4.68. The van der Waals surface area contributed by atoms with Crippen molar-refractivity contribution >= 4 is 17.4 Å². The minimum Gasteiger partial charge on any atom is -0.491 e. The third-order valence-electron chi connectivity index (χ3n) is 4.68. The molecule has 0 saturated heterocycles. The number of carbonyl (C=O) groups excluding carboxylic acids is 1. The van der Waals surface area contributed by atoms with Crippen LogP contribution >= 0.6 is 0 Å². The van der Waals surface area contributed by atoms with E-state index in [0.29, 0.717) is 6.42 Å². The van der Waals surface area contributed by atoms with E-state index in [4.69, 9.17) is 4.74 Å². The molecule has 3 aromatic rings. The van der Waals surface area contributed by atoms with Crippen molar-refractivity contribution in [2.45, 2.75) is 46.0 Å². The number of hydrogen-bond donors (Lipinski definition) is 1. The number of benzene rings is 1. The zero-order valence-electron chi connectivity index (χ0n) is 17.7. The van der Waals surface area contributed by atoms with Crippen molar-refractivity contribution in [2.24, 2.45) is 0 Å². The van der Waals surface area contributed by atoms with Crippen molar-refractivity contribution in [3.8, 4) is 5.75 Å². The number of rotatable bonds is 6. The molecule has 0 aliphatic heterocycles. The Morgan fingerprint density at radius 1 is 1.09 bits per heavy atom. The van der Waals surface area contributed by atoms with Gasteiger partial charge < -0.3 is 10.1 Å². The molecular weight excluding hydrogens is 456 g/mol. The Bertz CT molecular complexity index is 1190. The molecule has 2 aromatic heterocycles. The second-order valence-electron chi connectivity index (χ2n) is 7.19. The van der Waals surface area contributed by atoms with E-state index in [1.165, 1.54) is 13.8 Å². The van der Waals surface area contributed by atoms with Crippen LogP contribution in [0.1, 0.15) is 41.7 Å². The molecule has 0 aliphatic carbocycles. The van der Waals surface area contributed by atoms with Gasteiger partial charge in [-0.15, -0.1) is 5.10 Å². The third kappa shape index (κ3) is 5.34. The number of fused-ring (bicyclic) bond motifs is 1. The minimum atomic E-state index is -4.77. The highest BCUT2D eigenvalue weighted by molar-refractivity contribution is 5.94. The summed E-state index contributed by atoms with van der Waals surface area (Å²) in [7, 11) is 0. The molecule has 7 nitrogen and oxygen atoms in total. The monoisotopic (exact) mass is 475 g/mol. The van der Waals surface area contributed by atoms with Gasteiger partial charge in [-0.3, -0.25) is 4.79 Å². The van der Waals surface area contributed by atoms with Crippen molar-refractivity contribution in [3.05, 3.63) is 46.5 Å². The van der Waals surface area contributed by atoms with Crippen LogP contribution in [0.2, 0.25) is 0 Å². The Balaban J connectivity index is 1.91. The number of nitrogens with one attached hydrogen (secondary N) is 1. The second-order valence-corrected chi connectivity index (χ2v) is 7.19. The summed E-state index contributed by atoms with van der Waals surface area (Å²) in [5, 5.41) is 5.80. The fraction of sp³-hybridized carbons (Fsp3) is 0.400. The first-order valence-corrected chi connectivity index (χ1v) is 9.75. The van der Waals surface area contributed by atoms with Gasteiger partial charge in [0.25, 0.3) is 11.6 Å². The second kappa shape index (κ2) is 8.87. The van der Waals surface area contributed by atoms with Crippen LogP contribution in [-0.2, 0) is 23.6 Å². The Morgan fingerprint density at radius 2 is 1.79 bits per heavy atom. The zero-order valence-corrected chi connectivity index (χ0v) is 17.7. The van der Waals surface area contributed by atoms with E-state index in [0.717, 1.165) is 22.7 Å². The summed E-state index contributed by atoms with van der Waals surface area (Å²) in [6.45, 7) is 4.96. The molecule has 0 unspecified atom stereocenters. The standard InChI is InChI=1S/C20H19F6N5O2/c1-4-7-33-15-6-5-12(19(21,22)23)8-14(15)28-16(32)9-13-10(2)27-18-29-17(20(24,25)26)30-31(18)11(13)3/h5-6,8H,4,7,9H2,1-3H3,(H,28,32). The lowest BCUT2D eigenvalue weighted by Gasteiger charge is -2.16. The van der Waals surface area contributed by atoms with E-state index in [-0.39, 0.29) is 47.2 Å². The van der Waals surface area contributed by atoms with Gasteiger partial charge >= 0.3 is 12.4 Å². The van der Waals surface area contributed by atoms with Crippen molar-refractivity contribution in [1.29, 1.82) is 0 Å². The molecule has 0 spiro atoms. The van der Waals surface area contributed by atoms with Gasteiger partial charge in [-0.1, -0.05) is 6.92 Å². The van der Waals surface area contributed by atoms with Crippen LogP contribution in [0.4, 0.5) is 32.0 Å². The van der Waals surface area contributed by atoms with Gasteiger partial charge in [-0.25, -0.2) is 9.50 Å². The van der Waals surface area contributed by atoms with E-state index in [1.807, 2.05) is 6.92 Å². The van der Waals surface area contributed by atoms with Gasteiger partial charge in [0.05, 0.1) is 24.3 Å². The summed E-state index contributed by atoms with van der Waals surface area (Å²) in [5.41, 5.74) is -0.446. The topological polar surface area (TPSA) is 81.4 Å². The van der Waals surface area contributed by atoms with E-state index in [9.17, 15) is 31.1 Å². The molecule has 1 N–H and O–H groups in total. The summed E-state index contributed by atoms with van der Waals surface area (Å²) in [6.07, 6.45) is -9.18. The van der Waals surface area contributed by atoms with Crippen LogP contribution in [0.25, 0.3) is 5.78 Å². The summed E-state index contributed by atoms with van der Waals surface area (Å²) < 4.78 is 84.4. The predicted molar refractivity (Wildman–Crippen MR) is 105 cm³/mol. The molecule has 0 radical (unpaired) electrons. The first-order valence-electron chi connectivity index (χ1n) is 9.75. The van der Waals surface area contributed by atoms with Crippen molar-refractivity contribution < 1.29 is 35.9 Å². The van der Waals surface area contributed by atoms with E-state index in [2.05, 4.69) is 20.4 Å². The lowest BCUT2D eigenvalue weighted by atomic mass is 10.1. The highest BCUT2D eigenvalue weighted by atomic mass is 19.4. The molecule has 0 fully saturated rings. The number of hydrogen-bond acceptors (Lipinski definition) is 5. The molecule has 0 saturated carbocycles. The summed E-state index contributed by atoms with van der Waals surface area (Å²) in [5.74, 6) is -2.30. The average Bonchev–Trinajstić information content (AvgIpc) is 3.14. The maximum atomic E-state index is 13.1. The Morgan fingerprint density at radius 3 is 2.39 bits per heavy atom. The first kappa shape index (κ1) is 24.3. The number of aryl methyl sites for hydroxylation is 2. The maximum absolute atomic E-state index is 13.1. The van der Waals surface area contributed by atoms with Crippen molar-refractivity contribution in [3.63, 3.8) is 0 Å². The largest absolute Gasteiger partial charge is 0.491 e. The highest BCUT2D eigenvalue weighted by Gasteiger charge is 2.37. The van der Waals surface area contributed by atoms with Crippen molar-refractivity contribution in [1.82, 2.24) is 19.6 Å². The Hall–Kier alpha value is -3.38. The molecule has 1 amide bonds. The smallest absolute Gasteiger partial charge is 0.453 e. The van der Waals surface area contributed by atoms with Crippen LogP contribution in [0.15, 0.2) is 18.2 Å². The maximum Gasteiger partial charge on any atom is 0.453 e. The number of anilines is 1. The van der Waals surface area contributed by atoms with Gasteiger partial charge in [-0.2, -0.15) is 31.3 Å². The quantitative estimate of drug-likeness (QED) is 0.521. The van der Waals surface area contributed by atoms with Crippen LogP contribution in [0, 0.1) is 13.8 Å². The minimum absolute atomic E-state index is 0.0614. The number of halogens is 6. The van der Waals surface area contributed by atoms with Gasteiger partial charge in [-0.05, 0) is 38.5 Å². The predicted octanol–water partition coefficient (Wildman–Crippen LogP) is 4.75. The van der Waals surface area contributed by atoms with E-state index >= 15 is 0 Å². The number of alkyl halides is 6. The highest BCUT2D eigenvalue weighted by Crippen LogP contribution is 2.35. The molecule has 0 atom stereocenters. The fourth-order valence-electron chi connectivity index (χ4n) is 3.08. The Kier molecular flexibility index (Phi) is 6.52. The van der Waals surface area contributed by atoms with Gasteiger partial charge in [0, 0.05) is 17.0 Å². The van der Waals surface area contributed by atoms with Crippen LogP contribution in [0.5, 0.6) is 5.75 Å². The molecule has 33 heavy (non-hydrogen) atoms. The molecule has 0 aliphatic rings. The molecule has 13 heteroatoms. The lowest BCUT2D eigenvalue weighted by Crippen LogP contribution is -2.19. The molecule has 0 bridgehead atoms. The van der Waals surface area contributed by atoms with E-state index < -0.39 is 29.6 Å². The normalized spacial score (nSPS) is 12.3. The fourth-order valence-corrected chi connectivity index (χ4v) is 3.08. The number of carbonyl (C=O) groups is 1. The number of amides is 1. The van der Waals surface area contributed by atoms with Crippen LogP contribution < -0.4 is 10.1 Å². The first-order chi connectivity index (χ1) is 15.3. The molecule has 2 heterocycles. The molecule has 1 aromatic carbocycles. The number of nitrogens with zero attached hydrogens (tertiary/aromatic N) is 4. The SMILES string of the molecule is CCCOc1ccc(C(F)(F)F)cc1NC(=O)Cc1c(C)nc2nc(C(F)(F)F)nn2c1C. The summed E-state index contributed by atoms with van der Waals surface area (Å²) >= 11 is 0. The number of ether oxygens (including phenoxy) is 1. The van der Waals surface area contributed by atoms with Gasteiger partial charge in [0.2, 0.25) is 5.91 Å².